The number of carbonyl (C=O) groups is 1. The molecule has 1 fully saturated rings. The number of nitrogens with one attached hydrogen (secondary N) is 1. The number of aromatic nitrogens is 1. The minimum absolute atomic E-state index is 0.0926. The Labute approximate surface area is 95.0 Å². The van der Waals surface area contributed by atoms with Crippen molar-refractivity contribution in [1.29, 1.82) is 0 Å². The molecule has 2 rings (SSSR count). The molecule has 0 bridgehead atoms. The Balaban J connectivity index is 1.90. The van der Waals surface area contributed by atoms with Crippen LogP contribution in [0.2, 0.25) is 0 Å². The number of hydrogen-bond acceptors (Lipinski definition) is 3. The summed E-state index contributed by atoms with van der Waals surface area (Å²) < 4.78 is 5.25. The molecule has 1 aliphatic heterocycles. The fourth-order valence-electron chi connectivity index (χ4n) is 1.79. The standard InChI is InChI=1S/C12H16N2O2/c1-9-3-2-5-13-11(9)12(15)14-7-10-4-6-16-8-10/h2-3,5,10H,4,6-8H2,1H3,(H,14,15). The predicted molar refractivity (Wildman–Crippen MR) is 60.2 cm³/mol. The number of ether oxygens (including phenoxy) is 1. The third-order valence-electron chi connectivity index (χ3n) is 2.80. The summed E-state index contributed by atoms with van der Waals surface area (Å²) >= 11 is 0. The zero-order valence-electron chi connectivity index (χ0n) is 9.40. The first kappa shape index (κ1) is 11.1. The van der Waals surface area contributed by atoms with Gasteiger partial charge < -0.3 is 10.1 Å². The van der Waals surface area contributed by atoms with Crippen LogP contribution >= 0.6 is 0 Å². The summed E-state index contributed by atoms with van der Waals surface area (Å²) in [6.45, 7) is 4.13. The topological polar surface area (TPSA) is 51.2 Å². The Morgan fingerprint density at radius 2 is 2.56 bits per heavy atom. The SMILES string of the molecule is Cc1cccnc1C(=O)NCC1CCOC1. The number of carbonyl (C=O) groups excluding carboxylic acids is 1. The lowest BCUT2D eigenvalue weighted by Gasteiger charge is -2.09. The lowest BCUT2D eigenvalue weighted by Crippen LogP contribution is -2.30. The van der Waals surface area contributed by atoms with Crippen molar-refractivity contribution >= 4 is 5.91 Å². The quantitative estimate of drug-likeness (QED) is 0.831. The summed E-state index contributed by atoms with van der Waals surface area (Å²) in [5, 5.41) is 2.90. The molecular formula is C12H16N2O2. The van der Waals surface area contributed by atoms with Gasteiger partial charge in [0, 0.05) is 25.3 Å². The lowest BCUT2D eigenvalue weighted by molar-refractivity contribution is 0.0939. The second-order valence-electron chi connectivity index (χ2n) is 4.11. The smallest absolute Gasteiger partial charge is 0.270 e. The first-order chi connectivity index (χ1) is 7.77. The maximum atomic E-state index is 11.8. The lowest BCUT2D eigenvalue weighted by atomic mass is 10.1. The van der Waals surface area contributed by atoms with Crippen LogP contribution in [-0.2, 0) is 4.74 Å². The summed E-state index contributed by atoms with van der Waals surface area (Å²) in [7, 11) is 0. The van der Waals surface area contributed by atoms with Crippen LogP contribution in [0.1, 0.15) is 22.5 Å². The molecule has 2 heterocycles. The third-order valence-corrected chi connectivity index (χ3v) is 2.80. The second-order valence-corrected chi connectivity index (χ2v) is 4.11. The first-order valence-electron chi connectivity index (χ1n) is 5.55. The zero-order chi connectivity index (χ0) is 11.4. The third kappa shape index (κ3) is 2.58. The van der Waals surface area contributed by atoms with E-state index in [1.54, 1.807) is 6.20 Å². The van der Waals surface area contributed by atoms with E-state index >= 15 is 0 Å². The predicted octanol–water partition coefficient (Wildman–Crippen LogP) is 1.16. The Bertz CT molecular complexity index is 373. The molecule has 1 saturated heterocycles. The zero-order valence-corrected chi connectivity index (χ0v) is 9.40. The second kappa shape index (κ2) is 5.07. The van der Waals surface area contributed by atoms with Crippen LogP contribution in [-0.4, -0.2) is 30.6 Å². The molecule has 0 spiro atoms. The molecule has 4 heteroatoms. The van der Waals surface area contributed by atoms with Gasteiger partial charge in [0.05, 0.1) is 6.61 Å². The molecule has 1 unspecified atom stereocenters. The van der Waals surface area contributed by atoms with Gasteiger partial charge in [-0.05, 0) is 25.0 Å². The monoisotopic (exact) mass is 220 g/mol. The van der Waals surface area contributed by atoms with Crippen LogP contribution in [0.5, 0.6) is 0 Å². The van der Waals surface area contributed by atoms with E-state index < -0.39 is 0 Å². The fraction of sp³-hybridized carbons (Fsp3) is 0.500. The van der Waals surface area contributed by atoms with Crippen molar-refractivity contribution in [3.8, 4) is 0 Å². The molecular weight excluding hydrogens is 204 g/mol. The van der Waals surface area contributed by atoms with Gasteiger partial charge in [-0.1, -0.05) is 6.07 Å². The van der Waals surface area contributed by atoms with E-state index in [0.717, 1.165) is 25.2 Å². The van der Waals surface area contributed by atoms with Crippen molar-refractivity contribution in [1.82, 2.24) is 10.3 Å². The van der Waals surface area contributed by atoms with Crippen LogP contribution < -0.4 is 5.32 Å². The summed E-state index contributed by atoms with van der Waals surface area (Å²) in [6, 6.07) is 3.72. The van der Waals surface area contributed by atoms with Crippen molar-refractivity contribution in [2.24, 2.45) is 5.92 Å². The van der Waals surface area contributed by atoms with Crippen LogP contribution in [0, 0.1) is 12.8 Å². The summed E-state index contributed by atoms with van der Waals surface area (Å²) in [5.74, 6) is 0.359. The van der Waals surface area contributed by atoms with Gasteiger partial charge in [0.25, 0.3) is 5.91 Å². The molecule has 1 aromatic rings. The van der Waals surface area contributed by atoms with E-state index in [1.807, 2.05) is 19.1 Å². The van der Waals surface area contributed by atoms with Gasteiger partial charge >= 0.3 is 0 Å². The van der Waals surface area contributed by atoms with E-state index in [4.69, 9.17) is 4.74 Å². The number of aryl methyl sites for hydroxylation is 1. The molecule has 1 N–H and O–H groups in total. The van der Waals surface area contributed by atoms with E-state index in [2.05, 4.69) is 10.3 Å². The molecule has 4 nitrogen and oxygen atoms in total. The Kier molecular flexibility index (Phi) is 3.51. The molecule has 1 aromatic heterocycles. The van der Waals surface area contributed by atoms with Crippen molar-refractivity contribution in [2.75, 3.05) is 19.8 Å². The molecule has 0 aliphatic carbocycles. The van der Waals surface area contributed by atoms with Crippen molar-refractivity contribution < 1.29 is 9.53 Å². The molecule has 86 valence electrons. The fourth-order valence-corrected chi connectivity index (χ4v) is 1.79. The molecule has 0 radical (unpaired) electrons. The van der Waals surface area contributed by atoms with Gasteiger partial charge in [0.15, 0.2) is 0 Å². The van der Waals surface area contributed by atoms with E-state index in [1.165, 1.54) is 0 Å². The van der Waals surface area contributed by atoms with Crippen molar-refractivity contribution in [2.45, 2.75) is 13.3 Å². The van der Waals surface area contributed by atoms with Crippen molar-refractivity contribution in [3.05, 3.63) is 29.6 Å². The number of amides is 1. The maximum absolute atomic E-state index is 11.8. The number of pyridine rings is 1. The highest BCUT2D eigenvalue weighted by Crippen LogP contribution is 2.11. The number of rotatable bonds is 3. The van der Waals surface area contributed by atoms with E-state index in [9.17, 15) is 4.79 Å². The average molecular weight is 220 g/mol. The van der Waals surface area contributed by atoms with Gasteiger partial charge in [0.1, 0.15) is 5.69 Å². The number of nitrogens with zero attached hydrogens (tertiary/aromatic N) is 1. The summed E-state index contributed by atoms with van der Waals surface area (Å²) in [4.78, 5) is 15.9. The minimum Gasteiger partial charge on any atom is -0.381 e. The molecule has 1 atom stereocenters. The van der Waals surface area contributed by atoms with Gasteiger partial charge in [-0.15, -0.1) is 0 Å². The van der Waals surface area contributed by atoms with Crippen LogP contribution in [0.15, 0.2) is 18.3 Å². The maximum Gasteiger partial charge on any atom is 0.270 e. The molecule has 0 saturated carbocycles. The Morgan fingerprint density at radius 1 is 1.69 bits per heavy atom. The van der Waals surface area contributed by atoms with E-state index in [-0.39, 0.29) is 5.91 Å². The Hall–Kier alpha value is -1.42. The Morgan fingerprint density at radius 3 is 3.25 bits per heavy atom. The van der Waals surface area contributed by atoms with Crippen LogP contribution in [0.25, 0.3) is 0 Å². The molecule has 0 aromatic carbocycles. The molecule has 1 amide bonds. The first-order valence-corrected chi connectivity index (χ1v) is 5.55. The number of hydrogen-bond donors (Lipinski definition) is 1. The highest BCUT2D eigenvalue weighted by Gasteiger charge is 2.17. The van der Waals surface area contributed by atoms with Gasteiger partial charge in [0.2, 0.25) is 0 Å². The average Bonchev–Trinajstić information content (AvgIpc) is 2.79. The summed E-state index contributed by atoms with van der Waals surface area (Å²) in [5.41, 5.74) is 1.42. The summed E-state index contributed by atoms with van der Waals surface area (Å²) in [6.07, 6.45) is 2.67. The molecule has 1 aliphatic rings. The van der Waals surface area contributed by atoms with Gasteiger partial charge in [-0.25, -0.2) is 0 Å². The van der Waals surface area contributed by atoms with Gasteiger partial charge in [-0.2, -0.15) is 0 Å². The largest absolute Gasteiger partial charge is 0.381 e. The molecule has 16 heavy (non-hydrogen) atoms. The minimum atomic E-state index is -0.0926. The van der Waals surface area contributed by atoms with Crippen molar-refractivity contribution in [3.63, 3.8) is 0 Å². The normalized spacial score (nSPS) is 19.7. The van der Waals surface area contributed by atoms with E-state index in [0.29, 0.717) is 18.2 Å². The van der Waals surface area contributed by atoms with Crippen LogP contribution in [0.4, 0.5) is 0 Å². The van der Waals surface area contributed by atoms with Crippen LogP contribution in [0.3, 0.4) is 0 Å². The highest BCUT2D eigenvalue weighted by atomic mass is 16.5. The highest BCUT2D eigenvalue weighted by molar-refractivity contribution is 5.93. The van der Waals surface area contributed by atoms with Gasteiger partial charge in [-0.3, -0.25) is 9.78 Å².